The van der Waals surface area contributed by atoms with Crippen molar-refractivity contribution in [1.82, 2.24) is 19.1 Å². The lowest BCUT2D eigenvalue weighted by Gasteiger charge is -2.34. The monoisotopic (exact) mass is 593 g/mol. The summed E-state index contributed by atoms with van der Waals surface area (Å²) in [6, 6.07) is 2.16. The van der Waals surface area contributed by atoms with Crippen molar-refractivity contribution in [3.8, 4) is 0 Å². The summed E-state index contributed by atoms with van der Waals surface area (Å²) in [4.78, 5) is 64.5. The highest BCUT2D eigenvalue weighted by atomic mass is 32.5. The second-order valence-electron chi connectivity index (χ2n) is 8.55. The van der Waals surface area contributed by atoms with Gasteiger partial charge in [-0.05, 0) is 0 Å². The second kappa shape index (κ2) is 12.0. The van der Waals surface area contributed by atoms with E-state index in [1.807, 2.05) is 0 Å². The van der Waals surface area contributed by atoms with Crippen LogP contribution in [0.3, 0.4) is 0 Å². The van der Waals surface area contributed by atoms with Gasteiger partial charge in [-0.2, -0.15) is 0 Å². The summed E-state index contributed by atoms with van der Waals surface area (Å²) in [7, 11) is 2.53. The number of nitrogens with zero attached hydrogens (tertiary/aromatic N) is 2. The molecule has 0 aliphatic carbocycles. The standard InChI is InChI=1S/C20H27N4O13PS/c1-32-15-13(28)10(36-17(15)23-5-3-11(26)21-19(23)29)8-34-38(31,39)37-14-9(7-25)35-18(16(14)33-2)24-6-4-12(27)22-20(24)30/h3-6,9-10,13-18,25,28H,7-8H2,1-2H3,(H,31,39)(H,21,26,29)(H,22,27,30)/p-1/t9-,10-,13?,14?,15+,16+,17-,18-,38?/m1/s1. The zero-order valence-corrected chi connectivity index (χ0v) is 22.2. The van der Waals surface area contributed by atoms with Gasteiger partial charge in [-0.25, -0.2) is 9.59 Å². The average molecular weight is 593 g/mol. The van der Waals surface area contributed by atoms with Crippen LogP contribution >= 0.6 is 6.72 Å². The molecule has 2 aromatic heterocycles. The van der Waals surface area contributed by atoms with Gasteiger partial charge >= 0.3 is 11.4 Å². The Labute approximate surface area is 223 Å². The van der Waals surface area contributed by atoms with E-state index in [2.05, 4.69) is 9.97 Å². The molecule has 2 saturated heterocycles. The number of ether oxygens (including phenoxy) is 4. The fourth-order valence-corrected chi connectivity index (χ4v) is 5.82. The van der Waals surface area contributed by atoms with Crippen LogP contribution in [-0.4, -0.2) is 93.4 Å². The van der Waals surface area contributed by atoms with E-state index in [1.165, 1.54) is 20.4 Å². The number of rotatable bonds is 10. The fourth-order valence-electron chi connectivity index (χ4n) is 4.39. The normalized spacial score (nSPS) is 32.3. The molecule has 2 fully saturated rings. The van der Waals surface area contributed by atoms with Gasteiger partial charge in [0, 0.05) is 38.7 Å². The molecule has 2 aliphatic heterocycles. The predicted octanol–water partition coefficient (Wildman–Crippen LogP) is -3.75. The Hall–Kier alpha value is -2.35. The zero-order valence-electron chi connectivity index (χ0n) is 20.5. The number of aromatic nitrogens is 4. The van der Waals surface area contributed by atoms with Gasteiger partial charge in [0.05, 0.1) is 13.2 Å². The summed E-state index contributed by atoms with van der Waals surface area (Å²) in [5, 5.41) is 20.5. The molecule has 0 radical (unpaired) electrons. The van der Waals surface area contributed by atoms with Crippen molar-refractivity contribution in [3.05, 3.63) is 66.2 Å². The maximum atomic E-state index is 13.1. The number of aliphatic hydroxyl groups is 2. The smallest absolute Gasteiger partial charge is 0.330 e. The molecular weight excluding hydrogens is 567 g/mol. The van der Waals surface area contributed by atoms with Gasteiger partial charge in [0.25, 0.3) is 11.1 Å². The van der Waals surface area contributed by atoms with E-state index in [1.54, 1.807) is 0 Å². The minimum atomic E-state index is -4.38. The molecule has 216 valence electrons. The summed E-state index contributed by atoms with van der Waals surface area (Å²) in [6.45, 7) is -5.57. The van der Waals surface area contributed by atoms with Crippen LogP contribution in [0.25, 0.3) is 0 Å². The summed E-state index contributed by atoms with van der Waals surface area (Å²) >= 11 is 5.01. The molecule has 4 heterocycles. The molecule has 17 nitrogen and oxygen atoms in total. The van der Waals surface area contributed by atoms with Crippen LogP contribution in [0.1, 0.15) is 12.5 Å². The van der Waals surface area contributed by atoms with Crippen LogP contribution in [0.2, 0.25) is 0 Å². The first-order chi connectivity index (χ1) is 18.5. The Morgan fingerprint density at radius 2 is 1.46 bits per heavy atom. The van der Waals surface area contributed by atoms with E-state index in [0.717, 1.165) is 27.5 Å². The Morgan fingerprint density at radius 1 is 0.949 bits per heavy atom. The van der Waals surface area contributed by atoms with Crippen LogP contribution in [0.5, 0.6) is 0 Å². The van der Waals surface area contributed by atoms with Crippen LogP contribution in [0, 0.1) is 0 Å². The van der Waals surface area contributed by atoms with Gasteiger partial charge < -0.3 is 43.1 Å². The Bertz CT molecular complexity index is 1440. The Kier molecular flexibility index (Phi) is 9.14. The first-order valence-corrected chi connectivity index (χ1v) is 14.0. The van der Waals surface area contributed by atoms with Gasteiger partial charge in [-0.15, -0.1) is 0 Å². The lowest BCUT2D eigenvalue weighted by atomic mass is 10.1. The van der Waals surface area contributed by atoms with Gasteiger partial charge in [-0.1, -0.05) is 11.8 Å². The Balaban J connectivity index is 1.47. The third-order valence-electron chi connectivity index (χ3n) is 6.22. The van der Waals surface area contributed by atoms with E-state index in [-0.39, 0.29) is 0 Å². The first-order valence-electron chi connectivity index (χ1n) is 11.4. The maximum Gasteiger partial charge on any atom is 0.330 e. The summed E-state index contributed by atoms with van der Waals surface area (Å²) in [5.41, 5.74) is -2.90. The summed E-state index contributed by atoms with van der Waals surface area (Å²) in [6.07, 6.45) is -7.18. The van der Waals surface area contributed by atoms with Crippen molar-refractivity contribution in [2.24, 2.45) is 0 Å². The molecule has 2 aromatic rings. The van der Waals surface area contributed by atoms with Crippen LogP contribution < -0.4 is 27.4 Å². The number of H-pyrrole nitrogens is 2. The van der Waals surface area contributed by atoms with Crippen molar-refractivity contribution < 1.29 is 43.1 Å². The molecule has 4 rings (SSSR count). The number of aliphatic hydroxyl groups excluding tert-OH is 2. The average Bonchev–Trinajstić information content (AvgIpc) is 3.38. The van der Waals surface area contributed by atoms with Gasteiger partial charge in [0.2, 0.25) is 0 Å². The number of nitrogens with one attached hydrogen (secondary N) is 2. The highest BCUT2D eigenvalue weighted by Gasteiger charge is 2.49. The van der Waals surface area contributed by atoms with Crippen molar-refractivity contribution in [1.29, 1.82) is 0 Å². The molecule has 9 atom stereocenters. The number of hydrogen-bond donors (Lipinski definition) is 4. The lowest BCUT2D eigenvalue weighted by Crippen LogP contribution is -2.40. The van der Waals surface area contributed by atoms with E-state index < -0.39 is 91.5 Å². The predicted molar refractivity (Wildman–Crippen MR) is 130 cm³/mol. The number of aromatic amines is 2. The highest BCUT2D eigenvalue weighted by Crippen LogP contribution is 2.46. The third-order valence-corrected chi connectivity index (χ3v) is 7.76. The van der Waals surface area contributed by atoms with Crippen molar-refractivity contribution in [3.63, 3.8) is 0 Å². The van der Waals surface area contributed by atoms with Gasteiger partial charge in [0.1, 0.15) is 43.3 Å². The minimum absolute atomic E-state index is 0.561. The minimum Gasteiger partial charge on any atom is -0.780 e. The first kappa shape index (κ1) is 29.6. The third kappa shape index (κ3) is 6.21. The van der Waals surface area contributed by atoms with Crippen LogP contribution in [0.4, 0.5) is 0 Å². The molecule has 0 bridgehead atoms. The quantitative estimate of drug-likeness (QED) is 0.194. The second-order valence-corrected chi connectivity index (χ2v) is 11.3. The van der Waals surface area contributed by atoms with Gasteiger partial charge in [-0.3, -0.25) is 28.7 Å². The molecule has 4 N–H and O–H groups in total. The molecule has 3 unspecified atom stereocenters. The van der Waals surface area contributed by atoms with Crippen molar-refractivity contribution in [2.75, 3.05) is 27.4 Å². The maximum absolute atomic E-state index is 13.1. The molecule has 2 aliphatic rings. The van der Waals surface area contributed by atoms with E-state index in [0.29, 0.717) is 0 Å². The zero-order chi connectivity index (χ0) is 28.5. The lowest BCUT2D eigenvalue weighted by molar-refractivity contribution is -0.218. The van der Waals surface area contributed by atoms with Crippen LogP contribution in [0.15, 0.2) is 43.7 Å². The summed E-state index contributed by atoms with van der Waals surface area (Å²) < 4.78 is 34.8. The van der Waals surface area contributed by atoms with Crippen molar-refractivity contribution in [2.45, 2.75) is 49.1 Å². The SMILES string of the molecule is CO[C@H]1C(O)[C@@H](COP([O-])(=S)OC2[C@@H](CO)O[C@@H](n3ccc(=O)[nH]c3=O)[C@H]2OC)O[C@H]1n1ccc(=O)[nH]c1=O. The molecule has 0 amide bonds. The largest absolute Gasteiger partial charge is 0.780 e. The number of methoxy groups -OCH3 is 2. The van der Waals surface area contributed by atoms with E-state index in [4.69, 9.17) is 39.8 Å². The fraction of sp³-hybridized carbons (Fsp3) is 0.600. The Morgan fingerprint density at radius 3 is 1.95 bits per heavy atom. The van der Waals surface area contributed by atoms with E-state index in [9.17, 15) is 34.3 Å². The topological polar surface area (TPSA) is 229 Å². The highest BCUT2D eigenvalue weighted by molar-refractivity contribution is 8.06. The van der Waals surface area contributed by atoms with Gasteiger partial charge in [0.15, 0.2) is 12.5 Å². The molecule has 19 heteroatoms. The molecule has 0 aromatic carbocycles. The molecule has 0 spiro atoms. The molecule has 39 heavy (non-hydrogen) atoms. The van der Waals surface area contributed by atoms with Crippen LogP contribution in [-0.2, 0) is 39.8 Å². The number of hydrogen-bond acceptors (Lipinski definition) is 14. The molecule has 0 saturated carbocycles. The summed E-state index contributed by atoms with van der Waals surface area (Å²) in [5.74, 6) is 0. The van der Waals surface area contributed by atoms with E-state index >= 15 is 0 Å². The van der Waals surface area contributed by atoms with Crippen molar-refractivity contribution >= 4 is 18.5 Å². The molecular formula is C20H26N4O13PS-.